The molecule has 0 fully saturated rings. The predicted octanol–water partition coefficient (Wildman–Crippen LogP) is 13.3. The number of carbonyl (C=O) groups is 2. The Balaban J connectivity index is 4.15. The number of carboxylic acids is 1. The molecule has 0 radical (unpaired) electrons. The lowest BCUT2D eigenvalue weighted by atomic mass is 10.0. The monoisotopic (exact) mass is 842 g/mol. The SMILES string of the molecule is CC/C=C\C/C=C\C/C=C\CCCCCCCC(=O)OC(COCCCCCCCCCCCCCCCCCCCCCCC)COP(=O)(O)OCC(N)C(=O)O. The molecule has 0 aliphatic rings. The minimum atomic E-state index is -4.62. The molecule has 0 rings (SSSR count). The van der Waals surface area contributed by atoms with Gasteiger partial charge in [0.2, 0.25) is 0 Å². The molecule has 3 unspecified atom stereocenters. The molecule has 0 saturated heterocycles. The van der Waals surface area contributed by atoms with Gasteiger partial charge in [0.05, 0.1) is 19.8 Å². The Kier molecular flexibility index (Phi) is 41.9. The van der Waals surface area contributed by atoms with Crippen LogP contribution in [0.15, 0.2) is 36.5 Å². The van der Waals surface area contributed by atoms with Gasteiger partial charge in [-0.2, -0.15) is 0 Å². The topological polar surface area (TPSA) is 155 Å². The van der Waals surface area contributed by atoms with Crippen LogP contribution in [0.1, 0.15) is 213 Å². The van der Waals surface area contributed by atoms with Crippen LogP contribution in [0, 0.1) is 0 Å². The molecule has 11 heteroatoms. The number of esters is 1. The first-order valence-corrected chi connectivity index (χ1v) is 25.0. The van der Waals surface area contributed by atoms with Crippen molar-refractivity contribution in [2.75, 3.05) is 26.4 Å². The predicted molar refractivity (Wildman–Crippen MR) is 240 cm³/mol. The van der Waals surface area contributed by atoms with Crippen molar-refractivity contribution in [2.24, 2.45) is 5.73 Å². The fourth-order valence-electron chi connectivity index (χ4n) is 6.56. The van der Waals surface area contributed by atoms with Gasteiger partial charge < -0.3 is 25.2 Å². The van der Waals surface area contributed by atoms with Gasteiger partial charge in [0.1, 0.15) is 12.1 Å². The number of phosphoric ester groups is 1. The fourth-order valence-corrected chi connectivity index (χ4v) is 7.34. The first-order chi connectivity index (χ1) is 28.2. The Morgan fingerprint density at radius 1 is 0.569 bits per heavy atom. The zero-order valence-electron chi connectivity index (χ0n) is 37.1. The average molecular weight is 842 g/mol. The van der Waals surface area contributed by atoms with Crippen molar-refractivity contribution in [2.45, 2.75) is 225 Å². The summed E-state index contributed by atoms with van der Waals surface area (Å²) in [5, 5.41) is 8.91. The largest absolute Gasteiger partial charge is 0.480 e. The van der Waals surface area contributed by atoms with Crippen LogP contribution in [0.3, 0.4) is 0 Å². The molecular formula is C47H88NO9P. The van der Waals surface area contributed by atoms with Crippen LogP contribution in [0.5, 0.6) is 0 Å². The molecule has 0 bridgehead atoms. The van der Waals surface area contributed by atoms with Crippen LogP contribution < -0.4 is 5.73 Å². The van der Waals surface area contributed by atoms with E-state index < -0.39 is 45.1 Å². The molecule has 0 aromatic carbocycles. The van der Waals surface area contributed by atoms with E-state index in [0.717, 1.165) is 70.6 Å². The molecule has 0 aromatic heterocycles. The van der Waals surface area contributed by atoms with Crippen LogP contribution in [-0.4, -0.2) is 60.5 Å². The second kappa shape index (κ2) is 43.3. The maximum absolute atomic E-state index is 12.6. The summed E-state index contributed by atoms with van der Waals surface area (Å²) in [6.45, 7) is 3.78. The molecule has 0 aliphatic carbocycles. The molecule has 0 amide bonds. The maximum Gasteiger partial charge on any atom is 0.472 e. The molecule has 0 saturated carbocycles. The third kappa shape index (κ3) is 42.3. The normalized spacial score (nSPS) is 14.1. The van der Waals surface area contributed by atoms with Gasteiger partial charge in [-0.25, -0.2) is 4.57 Å². The third-order valence-corrected chi connectivity index (χ3v) is 11.1. The van der Waals surface area contributed by atoms with Crippen molar-refractivity contribution in [3.63, 3.8) is 0 Å². The van der Waals surface area contributed by atoms with E-state index in [-0.39, 0.29) is 13.0 Å². The second-order valence-corrected chi connectivity index (χ2v) is 17.3. The van der Waals surface area contributed by atoms with E-state index in [0.29, 0.717) is 13.0 Å². The van der Waals surface area contributed by atoms with Crippen molar-refractivity contribution in [1.82, 2.24) is 0 Å². The number of hydrogen-bond acceptors (Lipinski definition) is 8. The minimum absolute atomic E-state index is 0.0127. The summed E-state index contributed by atoms with van der Waals surface area (Å²) < 4.78 is 33.4. The Morgan fingerprint density at radius 3 is 1.50 bits per heavy atom. The van der Waals surface area contributed by atoms with Crippen LogP contribution in [0.4, 0.5) is 0 Å². The standard InChI is InChI=1S/C47H88NO9P/c1-3-5-7-9-11-13-15-17-19-20-21-22-23-24-26-28-30-32-34-36-38-40-54-41-44(42-55-58(52,53)56-43-45(48)47(50)51)57-46(49)39-37-35-33-31-29-27-25-18-16-14-12-10-8-6-4-2/h6,8,12,14,18,25,44-45H,3-5,7,9-11,13,15-17,19-24,26-43,48H2,1-2H3,(H,50,51)(H,52,53)/b8-6-,14-12-,25-18-. The number of phosphoric acid groups is 1. The lowest BCUT2D eigenvalue weighted by molar-refractivity contribution is -0.154. The average Bonchev–Trinajstić information content (AvgIpc) is 3.20. The molecule has 3 atom stereocenters. The van der Waals surface area contributed by atoms with Crippen molar-refractivity contribution >= 4 is 19.8 Å². The number of carboxylic acid groups (broad SMARTS) is 1. The highest BCUT2D eigenvalue weighted by Crippen LogP contribution is 2.43. The highest BCUT2D eigenvalue weighted by molar-refractivity contribution is 7.47. The van der Waals surface area contributed by atoms with Crippen molar-refractivity contribution in [3.05, 3.63) is 36.5 Å². The summed E-state index contributed by atoms with van der Waals surface area (Å²) in [6.07, 6.45) is 49.2. The molecule has 340 valence electrons. The van der Waals surface area contributed by atoms with Crippen molar-refractivity contribution in [3.8, 4) is 0 Å². The van der Waals surface area contributed by atoms with Gasteiger partial charge in [-0.05, 0) is 44.9 Å². The van der Waals surface area contributed by atoms with E-state index in [1.165, 1.54) is 116 Å². The number of nitrogens with two attached hydrogens (primary N) is 1. The summed E-state index contributed by atoms with van der Waals surface area (Å²) in [7, 11) is -4.62. The van der Waals surface area contributed by atoms with Gasteiger partial charge in [0.25, 0.3) is 0 Å². The summed E-state index contributed by atoms with van der Waals surface area (Å²) in [6, 6.07) is -1.48. The van der Waals surface area contributed by atoms with E-state index in [4.69, 9.17) is 29.4 Å². The van der Waals surface area contributed by atoms with Gasteiger partial charge >= 0.3 is 19.8 Å². The summed E-state index contributed by atoms with van der Waals surface area (Å²) >= 11 is 0. The Morgan fingerprint density at radius 2 is 1.00 bits per heavy atom. The van der Waals surface area contributed by atoms with E-state index in [1.807, 2.05) is 0 Å². The number of rotatable bonds is 45. The maximum atomic E-state index is 12.6. The quantitative estimate of drug-likeness (QED) is 0.0233. The number of hydrogen-bond donors (Lipinski definition) is 3. The lowest BCUT2D eigenvalue weighted by Gasteiger charge is -2.20. The molecule has 58 heavy (non-hydrogen) atoms. The zero-order chi connectivity index (χ0) is 42.6. The fraction of sp³-hybridized carbons (Fsp3) is 0.830. The van der Waals surface area contributed by atoms with Gasteiger partial charge in [-0.15, -0.1) is 0 Å². The molecule has 4 N–H and O–H groups in total. The van der Waals surface area contributed by atoms with Crippen LogP contribution >= 0.6 is 7.82 Å². The number of aliphatic carboxylic acids is 1. The smallest absolute Gasteiger partial charge is 0.472 e. The first kappa shape index (κ1) is 56.2. The van der Waals surface area contributed by atoms with Crippen LogP contribution in [-0.2, 0) is 32.7 Å². The summed E-state index contributed by atoms with van der Waals surface area (Å²) in [4.78, 5) is 33.6. The highest BCUT2D eigenvalue weighted by Gasteiger charge is 2.27. The zero-order valence-corrected chi connectivity index (χ0v) is 38.0. The van der Waals surface area contributed by atoms with E-state index >= 15 is 0 Å². The molecule has 0 heterocycles. The van der Waals surface area contributed by atoms with E-state index in [2.05, 4.69) is 50.3 Å². The molecular weight excluding hydrogens is 753 g/mol. The van der Waals surface area contributed by atoms with Crippen molar-refractivity contribution in [1.29, 1.82) is 0 Å². The summed E-state index contributed by atoms with van der Waals surface area (Å²) in [5.74, 6) is -1.79. The molecule has 10 nitrogen and oxygen atoms in total. The molecule has 0 spiro atoms. The van der Waals surface area contributed by atoms with Gasteiger partial charge in [0, 0.05) is 13.0 Å². The number of allylic oxidation sites excluding steroid dienone is 6. The Labute approximate surface area is 355 Å². The lowest BCUT2D eigenvalue weighted by Crippen LogP contribution is -2.34. The van der Waals surface area contributed by atoms with Gasteiger partial charge in [-0.1, -0.05) is 198 Å². The highest BCUT2D eigenvalue weighted by atomic mass is 31.2. The van der Waals surface area contributed by atoms with Gasteiger partial charge in [-0.3, -0.25) is 18.6 Å². The molecule has 0 aliphatic heterocycles. The van der Waals surface area contributed by atoms with E-state index in [9.17, 15) is 19.0 Å². The Hall–Kier alpha value is -1.81. The van der Waals surface area contributed by atoms with Gasteiger partial charge in [0.15, 0.2) is 0 Å². The minimum Gasteiger partial charge on any atom is -0.480 e. The summed E-state index contributed by atoms with van der Waals surface area (Å²) in [5.41, 5.74) is 5.36. The van der Waals surface area contributed by atoms with Crippen LogP contribution in [0.25, 0.3) is 0 Å². The molecule has 0 aromatic rings. The second-order valence-electron chi connectivity index (χ2n) is 15.9. The van der Waals surface area contributed by atoms with Crippen LogP contribution in [0.2, 0.25) is 0 Å². The first-order valence-electron chi connectivity index (χ1n) is 23.5. The van der Waals surface area contributed by atoms with Crippen molar-refractivity contribution < 1.29 is 42.7 Å². The number of ether oxygens (including phenoxy) is 2. The number of carbonyl (C=O) groups excluding carboxylic acids is 1. The Bertz CT molecular complexity index is 1070. The van der Waals surface area contributed by atoms with E-state index in [1.54, 1.807) is 0 Å². The third-order valence-electron chi connectivity index (χ3n) is 10.2. The number of unbranched alkanes of at least 4 members (excludes halogenated alkanes) is 25.